The Morgan fingerprint density at radius 1 is 0.875 bits per heavy atom. The fourth-order valence-electron chi connectivity index (χ4n) is 6.03. The molecule has 1 aromatic heterocycles. The first-order valence-electron chi connectivity index (χ1n) is 15.4. The normalized spacial score (nSPS) is 16.3. The summed E-state index contributed by atoms with van der Waals surface area (Å²) in [4.78, 5) is 45.0. The van der Waals surface area contributed by atoms with Crippen LogP contribution in [0, 0.1) is 0 Å². The number of hydrogen-bond acceptors (Lipinski definition) is 8. The topological polar surface area (TPSA) is 106 Å². The summed E-state index contributed by atoms with van der Waals surface area (Å²) in [5.41, 5.74) is 3.78. The van der Waals surface area contributed by atoms with Crippen molar-refractivity contribution in [1.82, 2.24) is 19.6 Å². The molecule has 3 amide bonds. The van der Waals surface area contributed by atoms with Crippen LogP contribution in [0.2, 0.25) is 5.02 Å². The van der Waals surface area contributed by atoms with Crippen LogP contribution in [0.4, 0.5) is 5.82 Å². The highest BCUT2D eigenvalue weighted by atomic mass is 35.5. The number of nitrogens with zero attached hydrogens (tertiary/aromatic N) is 5. The first-order valence-corrected chi connectivity index (χ1v) is 16.9. The second-order valence-electron chi connectivity index (χ2n) is 11.4. The molecule has 0 radical (unpaired) electrons. The number of benzene rings is 3. The van der Waals surface area contributed by atoms with Gasteiger partial charge < -0.3 is 24.0 Å². The Morgan fingerprint density at radius 3 is 2.17 bits per heavy atom. The molecule has 6 rings (SSSR count). The molecule has 1 atom stereocenters. The number of methoxy groups -OCH3 is 3. The maximum absolute atomic E-state index is 14.2. The molecule has 1 saturated heterocycles. The van der Waals surface area contributed by atoms with Gasteiger partial charge in [-0.05, 0) is 54.1 Å². The standard InChI is InChI=1S/C35H36ClN5O6S/c1-22(42)38-15-17-39(18-16-38)30(43)20-40-31(44)21-48-34(24-7-14-28(46-3)29(19-24)47-4)32-33(23-5-8-25(36)9-6-23)37-41(35(32)40)26-10-12-27(45-2)13-11-26/h5-14,19,34H,15-18,20-21H2,1-4H3. The van der Waals surface area contributed by atoms with E-state index in [1.807, 2.05) is 54.6 Å². The van der Waals surface area contributed by atoms with Crippen molar-refractivity contribution in [3.05, 3.63) is 82.9 Å². The molecule has 0 bridgehead atoms. The second-order valence-corrected chi connectivity index (χ2v) is 12.9. The fraction of sp³-hybridized carbons (Fsp3) is 0.314. The molecule has 0 saturated carbocycles. The lowest BCUT2D eigenvalue weighted by molar-refractivity contribution is -0.137. The van der Waals surface area contributed by atoms with E-state index < -0.39 is 0 Å². The zero-order chi connectivity index (χ0) is 33.9. The number of carbonyl (C=O) groups is 3. The summed E-state index contributed by atoms with van der Waals surface area (Å²) in [7, 11) is 4.77. The van der Waals surface area contributed by atoms with Gasteiger partial charge in [-0.25, -0.2) is 4.68 Å². The number of ether oxygens (including phenoxy) is 3. The molecule has 1 unspecified atom stereocenters. The average Bonchev–Trinajstić information content (AvgIpc) is 3.44. The van der Waals surface area contributed by atoms with Crippen molar-refractivity contribution in [2.75, 3.05) is 64.7 Å². The summed E-state index contributed by atoms with van der Waals surface area (Å²) in [6.07, 6.45) is 0. The van der Waals surface area contributed by atoms with Crippen molar-refractivity contribution >= 4 is 46.9 Å². The van der Waals surface area contributed by atoms with E-state index in [1.54, 1.807) is 52.8 Å². The number of piperazine rings is 1. The maximum atomic E-state index is 14.2. The van der Waals surface area contributed by atoms with Gasteiger partial charge >= 0.3 is 0 Å². The molecule has 3 heterocycles. The van der Waals surface area contributed by atoms with Gasteiger partial charge in [-0.2, -0.15) is 5.10 Å². The van der Waals surface area contributed by atoms with Gasteiger partial charge in [0.1, 0.15) is 18.1 Å². The average molecular weight is 690 g/mol. The van der Waals surface area contributed by atoms with Crippen LogP contribution in [0.5, 0.6) is 17.2 Å². The minimum atomic E-state index is -0.374. The number of carbonyl (C=O) groups excluding carboxylic acids is 3. The van der Waals surface area contributed by atoms with Gasteiger partial charge in [0.05, 0.1) is 43.7 Å². The lowest BCUT2D eigenvalue weighted by Gasteiger charge is -2.35. The van der Waals surface area contributed by atoms with Gasteiger partial charge in [0.15, 0.2) is 11.5 Å². The lowest BCUT2D eigenvalue weighted by atomic mass is 9.99. The summed E-state index contributed by atoms with van der Waals surface area (Å²) >= 11 is 7.76. The number of fused-ring (bicyclic) bond motifs is 1. The van der Waals surface area contributed by atoms with Gasteiger partial charge in [-0.15, -0.1) is 11.8 Å². The summed E-state index contributed by atoms with van der Waals surface area (Å²) < 4.78 is 18.3. The minimum Gasteiger partial charge on any atom is -0.497 e. The molecule has 1 fully saturated rings. The van der Waals surface area contributed by atoms with Gasteiger partial charge in [0, 0.05) is 49.3 Å². The maximum Gasteiger partial charge on any atom is 0.242 e. The van der Waals surface area contributed by atoms with Crippen LogP contribution in [0.3, 0.4) is 0 Å². The lowest BCUT2D eigenvalue weighted by Crippen LogP contribution is -2.53. The summed E-state index contributed by atoms with van der Waals surface area (Å²) in [6.45, 7) is 3.02. The molecule has 2 aliphatic rings. The Kier molecular flexibility index (Phi) is 9.83. The Labute approximate surface area is 288 Å². The summed E-state index contributed by atoms with van der Waals surface area (Å²) in [6, 6.07) is 20.5. The van der Waals surface area contributed by atoms with Crippen LogP contribution in [0.15, 0.2) is 66.7 Å². The van der Waals surface area contributed by atoms with Crippen LogP contribution < -0.4 is 19.1 Å². The highest BCUT2D eigenvalue weighted by Gasteiger charge is 2.39. The van der Waals surface area contributed by atoms with Crippen LogP contribution in [0.1, 0.15) is 23.3 Å². The van der Waals surface area contributed by atoms with Crippen LogP contribution in [-0.4, -0.2) is 97.1 Å². The number of hydrogen-bond donors (Lipinski definition) is 0. The predicted molar refractivity (Wildman–Crippen MR) is 186 cm³/mol. The van der Waals surface area contributed by atoms with Gasteiger partial charge in [0.2, 0.25) is 17.7 Å². The van der Waals surface area contributed by atoms with Crippen molar-refractivity contribution in [1.29, 1.82) is 0 Å². The number of rotatable bonds is 8. The molecule has 0 N–H and O–H groups in total. The first kappa shape index (κ1) is 33.2. The molecular formula is C35H36ClN5O6S. The van der Waals surface area contributed by atoms with Crippen molar-refractivity contribution in [3.8, 4) is 34.2 Å². The number of anilines is 1. The van der Waals surface area contributed by atoms with E-state index in [0.29, 0.717) is 65.6 Å². The zero-order valence-corrected chi connectivity index (χ0v) is 28.7. The highest BCUT2D eigenvalue weighted by Crippen LogP contribution is 2.49. The Bertz CT molecular complexity index is 1820. The predicted octanol–water partition coefficient (Wildman–Crippen LogP) is 5.08. The first-order chi connectivity index (χ1) is 23.2. The van der Waals surface area contributed by atoms with Crippen LogP contribution in [0.25, 0.3) is 16.9 Å². The number of aromatic nitrogens is 2. The highest BCUT2D eigenvalue weighted by molar-refractivity contribution is 8.00. The number of amides is 3. The van der Waals surface area contributed by atoms with Crippen molar-refractivity contribution < 1.29 is 28.6 Å². The molecule has 13 heteroatoms. The third kappa shape index (κ3) is 6.54. The monoisotopic (exact) mass is 689 g/mol. The minimum absolute atomic E-state index is 0.0224. The van der Waals surface area contributed by atoms with Gasteiger partial charge in [-0.1, -0.05) is 29.8 Å². The van der Waals surface area contributed by atoms with Gasteiger partial charge in [0.25, 0.3) is 0 Å². The van der Waals surface area contributed by atoms with Crippen molar-refractivity contribution in [2.24, 2.45) is 0 Å². The summed E-state index contributed by atoms with van der Waals surface area (Å²) in [5, 5.41) is 5.35. The van der Waals surface area contributed by atoms with Gasteiger partial charge in [-0.3, -0.25) is 19.3 Å². The molecule has 48 heavy (non-hydrogen) atoms. The largest absolute Gasteiger partial charge is 0.497 e. The van der Waals surface area contributed by atoms with Crippen LogP contribution >= 0.6 is 23.4 Å². The number of halogens is 1. The quantitative estimate of drug-likeness (QED) is 0.252. The second kappa shape index (κ2) is 14.2. The van der Waals surface area contributed by atoms with E-state index in [2.05, 4.69) is 0 Å². The number of thioether (sulfide) groups is 1. The van der Waals surface area contributed by atoms with E-state index in [9.17, 15) is 14.4 Å². The Morgan fingerprint density at radius 2 is 1.54 bits per heavy atom. The smallest absolute Gasteiger partial charge is 0.242 e. The SMILES string of the molecule is COc1ccc(-n2nc(-c3ccc(Cl)cc3)c3c2N(CC(=O)N2CCN(C(C)=O)CC2)C(=O)CSC3c2ccc(OC)c(OC)c2)cc1. The Hall–Kier alpha value is -4.68. The molecule has 0 aliphatic carbocycles. The molecular weight excluding hydrogens is 654 g/mol. The van der Waals surface area contributed by atoms with E-state index in [1.165, 1.54) is 18.7 Å². The van der Waals surface area contributed by atoms with E-state index in [-0.39, 0.29) is 35.3 Å². The van der Waals surface area contributed by atoms with E-state index >= 15 is 0 Å². The molecule has 4 aromatic rings. The van der Waals surface area contributed by atoms with Crippen molar-refractivity contribution in [3.63, 3.8) is 0 Å². The zero-order valence-electron chi connectivity index (χ0n) is 27.1. The van der Waals surface area contributed by atoms with E-state index in [0.717, 1.165) is 16.7 Å². The fourth-order valence-corrected chi connectivity index (χ4v) is 7.34. The van der Waals surface area contributed by atoms with Crippen molar-refractivity contribution in [2.45, 2.75) is 12.2 Å². The molecule has 11 nitrogen and oxygen atoms in total. The molecule has 0 spiro atoms. The van der Waals surface area contributed by atoms with E-state index in [4.69, 9.17) is 30.9 Å². The third-order valence-corrected chi connectivity index (χ3v) is 10.1. The molecule has 250 valence electrons. The molecule has 3 aromatic carbocycles. The molecule has 2 aliphatic heterocycles. The Balaban J connectivity index is 1.54. The third-order valence-electron chi connectivity index (χ3n) is 8.61. The van der Waals surface area contributed by atoms with Crippen LogP contribution in [-0.2, 0) is 14.4 Å². The summed E-state index contributed by atoms with van der Waals surface area (Å²) in [5.74, 6) is 1.96.